The van der Waals surface area contributed by atoms with Crippen molar-refractivity contribution < 1.29 is 19.4 Å². The summed E-state index contributed by atoms with van der Waals surface area (Å²) in [6.07, 6.45) is 6.50. The molecule has 3 aromatic carbocycles. The van der Waals surface area contributed by atoms with Crippen molar-refractivity contribution >= 4 is 23.2 Å². The number of hydrogen-bond donors (Lipinski definition) is 4. The van der Waals surface area contributed by atoms with Gasteiger partial charge in [0.1, 0.15) is 5.82 Å². The van der Waals surface area contributed by atoms with Gasteiger partial charge in [0.2, 0.25) is 5.95 Å². The topological polar surface area (TPSA) is 128 Å². The molecular formula is C35H36FN7O3. The first-order chi connectivity index (χ1) is 22.2. The standard InChI is InChI=1S/C35H36FN7O3/c1-22-6-7-26(17-31(22)41-35-37-13-12-30(40-35)25-8-10-27(36)11-9-25)33(44)39-28-15-24(16-29(18-28)43-19-23(2)38-21-43)20-42-14-4-3-5-32(42)34(45)46/h6-13,15-19,21,32,34,45-46H,3-5,14,20H2,1-2H3,(H,39,44)(H,37,40,41)/t32-/m0/s1. The number of carbonyl (C=O) groups is 1. The molecule has 1 aliphatic rings. The van der Waals surface area contributed by atoms with Crippen LogP contribution in [0.1, 0.15) is 46.4 Å². The van der Waals surface area contributed by atoms with E-state index >= 15 is 0 Å². The Hall–Kier alpha value is -4.97. The van der Waals surface area contributed by atoms with Crippen molar-refractivity contribution in [3.63, 3.8) is 0 Å². The lowest BCUT2D eigenvalue weighted by Crippen LogP contribution is -2.46. The van der Waals surface area contributed by atoms with Crippen molar-refractivity contribution in [1.29, 1.82) is 0 Å². The molecule has 0 unspecified atom stereocenters. The zero-order valence-corrected chi connectivity index (χ0v) is 25.7. The minimum atomic E-state index is -1.42. The normalized spacial score (nSPS) is 15.2. The van der Waals surface area contributed by atoms with E-state index in [2.05, 4.69) is 30.5 Å². The van der Waals surface area contributed by atoms with Crippen LogP contribution < -0.4 is 10.6 Å². The van der Waals surface area contributed by atoms with Crippen molar-refractivity contribution in [3.05, 3.63) is 114 Å². The summed E-state index contributed by atoms with van der Waals surface area (Å²) in [4.78, 5) is 29.0. The molecule has 2 aromatic heterocycles. The molecule has 0 radical (unpaired) electrons. The van der Waals surface area contributed by atoms with Gasteiger partial charge in [0.15, 0.2) is 6.29 Å². The van der Waals surface area contributed by atoms with E-state index in [0.29, 0.717) is 41.5 Å². The third kappa shape index (κ3) is 7.28. The van der Waals surface area contributed by atoms with E-state index in [9.17, 15) is 19.4 Å². The van der Waals surface area contributed by atoms with Gasteiger partial charge in [-0.15, -0.1) is 0 Å². The first-order valence-electron chi connectivity index (χ1n) is 15.2. The van der Waals surface area contributed by atoms with Crippen molar-refractivity contribution in [3.8, 4) is 16.9 Å². The Bertz CT molecular complexity index is 1840. The van der Waals surface area contributed by atoms with Crippen LogP contribution in [0.2, 0.25) is 0 Å². The van der Waals surface area contributed by atoms with Gasteiger partial charge >= 0.3 is 0 Å². The molecule has 4 N–H and O–H groups in total. The molecule has 1 aliphatic heterocycles. The van der Waals surface area contributed by atoms with Gasteiger partial charge in [-0.05, 0) is 105 Å². The van der Waals surface area contributed by atoms with Crippen LogP contribution >= 0.6 is 0 Å². The molecule has 10 nitrogen and oxygen atoms in total. The first kappa shape index (κ1) is 31.0. The number of amides is 1. The summed E-state index contributed by atoms with van der Waals surface area (Å²) < 4.78 is 15.3. The Morgan fingerprint density at radius 3 is 2.61 bits per heavy atom. The van der Waals surface area contributed by atoms with Gasteiger partial charge in [0.25, 0.3) is 5.91 Å². The molecule has 11 heteroatoms. The summed E-state index contributed by atoms with van der Waals surface area (Å²) in [5, 5.41) is 26.3. The number of aliphatic hydroxyl groups excluding tert-OH is 1. The lowest BCUT2D eigenvalue weighted by molar-refractivity contribution is -0.112. The number of anilines is 3. The van der Waals surface area contributed by atoms with Gasteiger partial charge in [-0.3, -0.25) is 9.69 Å². The van der Waals surface area contributed by atoms with Gasteiger partial charge in [0, 0.05) is 47.1 Å². The molecule has 46 heavy (non-hydrogen) atoms. The molecule has 5 aromatic rings. The van der Waals surface area contributed by atoms with Gasteiger partial charge in [-0.2, -0.15) is 0 Å². The Balaban J connectivity index is 1.24. The van der Waals surface area contributed by atoms with Crippen molar-refractivity contribution in [2.24, 2.45) is 0 Å². The van der Waals surface area contributed by atoms with Gasteiger partial charge in [-0.1, -0.05) is 12.5 Å². The Kier molecular flexibility index (Phi) is 9.16. The Morgan fingerprint density at radius 1 is 1.02 bits per heavy atom. The maximum Gasteiger partial charge on any atom is 0.255 e. The maximum absolute atomic E-state index is 13.6. The first-order valence-corrected chi connectivity index (χ1v) is 15.2. The van der Waals surface area contributed by atoms with Crippen LogP contribution in [0.25, 0.3) is 16.9 Å². The SMILES string of the molecule is Cc1cn(-c2cc(CN3CCCC[C@H]3C(O)O)cc(NC(=O)c3ccc(C)c(Nc4nccc(-c5ccc(F)cc5)n4)c3)c2)cn1. The number of aryl methyl sites for hydroxylation is 2. The van der Waals surface area contributed by atoms with E-state index in [-0.39, 0.29) is 17.8 Å². The number of aliphatic hydroxyl groups is 2. The number of halogens is 1. The highest BCUT2D eigenvalue weighted by Crippen LogP contribution is 2.27. The van der Waals surface area contributed by atoms with Crippen molar-refractivity contribution in [1.82, 2.24) is 24.4 Å². The van der Waals surface area contributed by atoms with E-state index in [1.54, 1.807) is 42.9 Å². The third-order valence-corrected chi connectivity index (χ3v) is 8.18. The minimum absolute atomic E-state index is 0.296. The zero-order chi connectivity index (χ0) is 32.2. The highest BCUT2D eigenvalue weighted by molar-refractivity contribution is 6.05. The monoisotopic (exact) mass is 621 g/mol. The number of rotatable bonds is 9. The fraction of sp³-hybridized carbons (Fsp3) is 0.257. The predicted octanol–water partition coefficient (Wildman–Crippen LogP) is 5.75. The number of hydrogen-bond acceptors (Lipinski definition) is 8. The average molecular weight is 622 g/mol. The molecule has 1 saturated heterocycles. The van der Waals surface area contributed by atoms with Crippen LogP contribution in [-0.4, -0.2) is 59.4 Å². The van der Waals surface area contributed by atoms with Crippen LogP contribution in [0.4, 0.5) is 21.7 Å². The number of aromatic nitrogens is 4. The number of carbonyl (C=O) groups excluding carboxylic acids is 1. The number of nitrogens with zero attached hydrogens (tertiary/aromatic N) is 5. The summed E-state index contributed by atoms with van der Waals surface area (Å²) in [5.74, 6) is -0.270. The second-order valence-electron chi connectivity index (χ2n) is 11.6. The molecule has 6 rings (SSSR count). The summed E-state index contributed by atoms with van der Waals surface area (Å²) in [6, 6.07) is 18.7. The quantitative estimate of drug-likeness (QED) is 0.153. The summed E-state index contributed by atoms with van der Waals surface area (Å²) in [7, 11) is 0. The molecule has 0 spiro atoms. The molecule has 3 heterocycles. The Labute approximate surface area is 266 Å². The number of benzene rings is 3. The van der Waals surface area contributed by atoms with Crippen molar-refractivity contribution in [2.75, 3.05) is 17.2 Å². The second kappa shape index (κ2) is 13.6. The second-order valence-corrected chi connectivity index (χ2v) is 11.6. The zero-order valence-electron chi connectivity index (χ0n) is 25.7. The molecular weight excluding hydrogens is 585 g/mol. The molecule has 1 fully saturated rings. The van der Waals surface area contributed by atoms with E-state index in [4.69, 9.17) is 0 Å². The van der Waals surface area contributed by atoms with Crippen molar-refractivity contribution in [2.45, 2.75) is 52.0 Å². The van der Waals surface area contributed by atoms with Crippen LogP contribution in [0.3, 0.4) is 0 Å². The maximum atomic E-state index is 13.6. The van der Waals surface area contributed by atoms with E-state index in [0.717, 1.165) is 47.5 Å². The van der Waals surface area contributed by atoms with Crippen LogP contribution in [0, 0.1) is 19.7 Å². The molecule has 0 saturated carbocycles. The van der Waals surface area contributed by atoms with Crippen LogP contribution in [0.15, 0.2) is 85.5 Å². The molecule has 1 atom stereocenters. The fourth-order valence-corrected chi connectivity index (χ4v) is 5.76. The lowest BCUT2D eigenvalue weighted by Gasteiger charge is -2.36. The number of piperidine rings is 1. The Morgan fingerprint density at radius 2 is 1.85 bits per heavy atom. The smallest absolute Gasteiger partial charge is 0.255 e. The van der Waals surface area contributed by atoms with Crippen LogP contribution in [-0.2, 0) is 6.54 Å². The minimum Gasteiger partial charge on any atom is -0.367 e. The van der Waals surface area contributed by atoms with E-state index in [1.165, 1.54) is 12.1 Å². The predicted molar refractivity (Wildman–Crippen MR) is 174 cm³/mol. The molecule has 0 bridgehead atoms. The summed E-state index contributed by atoms with van der Waals surface area (Å²) in [5.41, 5.74) is 6.62. The molecule has 1 amide bonds. The van der Waals surface area contributed by atoms with Gasteiger partial charge in [-0.25, -0.2) is 19.3 Å². The summed E-state index contributed by atoms with van der Waals surface area (Å²) in [6.45, 7) is 5.10. The summed E-state index contributed by atoms with van der Waals surface area (Å²) >= 11 is 0. The van der Waals surface area contributed by atoms with E-state index < -0.39 is 6.29 Å². The lowest BCUT2D eigenvalue weighted by atomic mass is 10.0. The number of imidazole rings is 1. The fourth-order valence-electron chi connectivity index (χ4n) is 5.76. The average Bonchev–Trinajstić information content (AvgIpc) is 3.49. The largest absolute Gasteiger partial charge is 0.367 e. The van der Waals surface area contributed by atoms with Crippen LogP contribution in [0.5, 0.6) is 0 Å². The third-order valence-electron chi connectivity index (χ3n) is 8.18. The van der Waals surface area contributed by atoms with E-state index in [1.807, 2.05) is 48.9 Å². The number of likely N-dealkylation sites (tertiary alicyclic amines) is 1. The highest BCUT2D eigenvalue weighted by atomic mass is 19.1. The van der Waals surface area contributed by atoms with Gasteiger partial charge < -0.3 is 25.4 Å². The van der Waals surface area contributed by atoms with Gasteiger partial charge in [0.05, 0.1) is 23.8 Å². The highest BCUT2D eigenvalue weighted by Gasteiger charge is 2.27. The number of nitrogens with one attached hydrogen (secondary N) is 2. The molecule has 236 valence electrons. The molecule has 0 aliphatic carbocycles.